The van der Waals surface area contributed by atoms with E-state index < -0.39 is 0 Å². The fraction of sp³-hybridized carbons (Fsp3) is 0.200. The van der Waals surface area contributed by atoms with Crippen LogP contribution in [0.4, 0.5) is 5.82 Å². The molecule has 1 N–H and O–H groups in total. The van der Waals surface area contributed by atoms with Crippen molar-refractivity contribution in [1.82, 2.24) is 4.98 Å². The van der Waals surface area contributed by atoms with E-state index in [0.29, 0.717) is 18.0 Å². The van der Waals surface area contributed by atoms with Crippen LogP contribution in [-0.2, 0) is 0 Å². The van der Waals surface area contributed by atoms with Crippen LogP contribution in [0.5, 0.6) is 5.75 Å². The monoisotopic (exact) mass is 253 g/mol. The molecule has 0 saturated heterocycles. The number of hydrogen-bond donors (Lipinski definition) is 1. The summed E-state index contributed by atoms with van der Waals surface area (Å²) >= 11 is 0. The van der Waals surface area contributed by atoms with Gasteiger partial charge in [-0.2, -0.15) is 5.26 Å². The van der Waals surface area contributed by atoms with E-state index in [-0.39, 0.29) is 0 Å². The van der Waals surface area contributed by atoms with Crippen molar-refractivity contribution in [2.45, 2.75) is 6.92 Å². The van der Waals surface area contributed by atoms with Gasteiger partial charge in [0, 0.05) is 12.6 Å². The van der Waals surface area contributed by atoms with Gasteiger partial charge in [-0.25, -0.2) is 4.98 Å². The average molecular weight is 253 g/mol. The lowest BCUT2D eigenvalue weighted by Crippen LogP contribution is -1.97. The molecule has 0 aliphatic heterocycles. The number of ether oxygens (including phenoxy) is 1. The lowest BCUT2D eigenvalue weighted by atomic mass is 10.1. The van der Waals surface area contributed by atoms with Gasteiger partial charge in [-0.15, -0.1) is 0 Å². The molecule has 2 rings (SSSR count). The zero-order valence-corrected chi connectivity index (χ0v) is 11.0. The first kappa shape index (κ1) is 12.9. The van der Waals surface area contributed by atoms with Crippen molar-refractivity contribution >= 4 is 5.82 Å². The fourth-order valence-electron chi connectivity index (χ4n) is 1.79. The smallest absolute Gasteiger partial charge is 0.144 e. The Morgan fingerprint density at radius 1 is 1.21 bits per heavy atom. The van der Waals surface area contributed by atoms with Gasteiger partial charge in [0.05, 0.1) is 17.9 Å². The first-order chi connectivity index (χ1) is 9.28. The molecule has 0 bridgehead atoms. The van der Waals surface area contributed by atoms with Crippen molar-refractivity contribution in [1.29, 1.82) is 5.26 Å². The fourth-order valence-corrected chi connectivity index (χ4v) is 1.79. The van der Waals surface area contributed by atoms with Crippen molar-refractivity contribution in [3.63, 3.8) is 0 Å². The van der Waals surface area contributed by atoms with Crippen LogP contribution in [0.2, 0.25) is 0 Å². The Morgan fingerprint density at radius 2 is 1.95 bits per heavy atom. The molecule has 1 heterocycles. The predicted molar refractivity (Wildman–Crippen MR) is 75.1 cm³/mol. The lowest BCUT2D eigenvalue weighted by Gasteiger charge is -2.07. The Bertz CT molecular complexity index is 600. The van der Waals surface area contributed by atoms with Crippen LogP contribution in [0.25, 0.3) is 11.3 Å². The van der Waals surface area contributed by atoms with E-state index in [0.717, 1.165) is 17.0 Å². The van der Waals surface area contributed by atoms with Gasteiger partial charge in [0.25, 0.3) is 0 Å². The molecule has 0 fully saturated rings. The molecule has 4 heteroatoms. The van der Waals surface area contributed by atoms with Crippen LogP contribution in [0.15, 0.2) is 36.4 Å². The molecule has 19 heavy (non-hydrogen) atoms. The van der Waals surface area contributed by atoms with Crippen LogP contribution >= 0.6 is 0 Å². The zero-order chi connectivity index (χ0) is 13.7. The Kier molecular flexibility index (Phi) is 3.99. The summed E-state index contributed by atoms with van der Waals surface area (Å²) in [4.78, 5) is 4.43. The summed E-state index contributed by atoms with van der Waals surface area (Å²) in [6.45, 7) is 2.60. The van der Waals surface area contributed by atoms with Crippen molar-refractivity contribution in [2.75, 3.05) is 19.0 Å². The van der Waals surface area contributed by atoms with Gasteiger partial charge in [-0.1, -0.05) is 0 Å². The molecule has 0 radical (unpaired) electrons. The maximum atomic E-state index is 8.96. The molecule has 0 saturated carbocycles. The summed E-state index contributed by atoms with van der Waals surface area (Å²) in [5.74, 6) is 1.43. The third kappa shape index (κ3) is 2.83. The summed E-state index contributed by atoms with van der Waals surface area (Å²) in [5.41, 5.74) is 2.35. The molecule has 0 aliphatic carbocycles. The SMILES string of the molecule is CCOc1ccc(-c2ccc(C#N)c(NC)n2)cc1. The normalized spacial score (nSPS) is 9.74. The van der Waals surface area contributed by atoms with Crippen LogP contribution < -0.4 is 10.1 Å². The minimum atomic E-state index is 0.539. The molecular formula is C15H15N3O. The van der Waals surface area contributed by atoms with E-state index in [1.54, 1.807) is 13.1 Å². The van der Waals surface area contributed by atoms with Crippen LogP contribution in [0.3, 0.4) is 0 Å². The Balaban J connectivity index is 2.34. The van der Waals surface area contributed by atoms with E-state index >= 15 is 0 Å². The van der Waals surface area contributed by atoms with Gasteiger partial charge in [0.15, 0.2) is 0 Å². The Hall–Kier alpha value is -2.54. The molecule has 1 aromatic heterocycles. The number of anilines is 1. The molecule has 2 aromatic rings. The van der Waals surface area contributed by atoms with Gasteiger partial charge < -0.3 is 10.1 Å². The number of hydrogen-bond acceptors (Lipinski definition) is 4. The highest BCUT2D eigenvalue weighted by Crippen LogP contribution is 2.23. The second-order valence-electron chi connectivity index (χ2n) is 3.91. The quantitative estimate of drug-likeness (QED) is 0.909. The van der Waals surface area contributed by atoms with Crippen molar-refractivity contribution in [3.8, 4) is 23.1 Å². The maximum absolute atomic E-state index is 8.96. The van der Waals surface area contributed by atoms with Gasteiger partial charge in [0.1, 0.15) is 17.6 Å². The van der Waals surface area contributed by atoms with E-state index in [1.807, 2.05) is 37.3 Å². The summed E-state index contributed by atoms with van der Waals surface area (Å²) in [5, 5.41) is 11.9. The first-order valence-electron chi connectivity index (χ1n) is 6.10. The van der Waals surface area contributed by atoms with Crippen LogP contribution in [0, 0.1) is 11.3 Å². The van der Waals surface area contributed by atoms with E-state index in [1.165, 1.54) is 0 Å². The van der Waals surface area contributed by atoms with Crippen molar-refractivity contribution < 1.29 is 4.74 Å². The first-order valence-corrected chi connectivity index (χ1v) is 6.10. The minimum Gasteiger partial charge on any atom is -0.494 e. The standard InChI is InChI=1S/C15H15N3O/c1-3-19-13-7-4-11(5-8-13)14-9-6-12(10-16)15(17-2)18-14/h4-9H,3H2,1-2H3,(H,17,18). The van der Waals surface area contributed by atoms with E-state index in [2.05, 4.69) is 16.4 Å². The van der Waals surface area contributed by atoms with Gasteiger partial charge >= 0.3 is 0 Å². The number of nitrogens with one attached hydrogen (secondary N) is 1. The summed E-state index contributed by atoms with van der Waals surface area (Å²) in [7, 11) is 1.76. The largest absolute Gasteiger partial charge is 0.494 e. The highest BCUT2D eigenvalue weighted by Gasteiger charge is 2.05. The van der Waals surface area contributed by atoms with Gasteiger partial charge in [0.2, 0.25) is 0 Å². The predicted octanol–water partition coefficient (Wildman–Crippen LogP) is 3.06. The minimum absolute atomic E-state index is 0.539. The summed E-state index contributed by atoms with van der Waals surface area (Å²) in [6.07, 6.45) is 0. The second-order valence-corrected chi connectivity index (χ2v) is 3.91. The van der Waals surface area contributed by atoms with Gasteiger partial charge in [-0.05, 0) is 43.3 Å². The van der Waals surface area contributed by atoms with Gasteiger partial charge in [-0.3, -0.25) is 0 Å². The molecule has 96 valence electrons. The summed E-state index contributed by atoms with van der Waals surface area (Å²) in [6, 6.07) is 13.5. The van der Waals surface area contributed by atoms with Crippen LogP contribution in [-0.4, -0.2) is 18.6 Å². The molecule has 0 amide bonds. The molecular weight excluding hydrogens is 238 g/mol. The molecule has 0 spiro atoms. The third-order valence-electron chi connectivity index (χ3n) is 2.71. The summed E-state index contributed by atoms with van der Waals surface area (Å²) < 4.78 is 5.40. The number of nitriles is 1. The lowest BCUT2D eigenvalue weighted by molar-refractivity contribution is 0.340. The highest BCUT2D eigenvalue weighted by molar-refractivity contribution is 5.65. The van der Waals surface area contributed by atoms with E-state index in [4.69, 9.17) is 10.00 Å². The highest BCUT2D eigenvalue weighted by atomic mass is 16.5. The zero-order valence-electron chi connectivity index (χ0n) is 11.0. The molecule has 0 unspecified atom stereocenters. The number of nitrogens with zero attached hydrogens (tertiary/aromatic N) is 2. The number of rotatable bonds is 4. The molecule has 0 atom stereocenters. The number of pyridine rings is 1. The number of benzene rings is 1. The third-order valence-corrected chi connectivity index (χ3v) is 2.71. The van der Waals surface area contributed by atoms with Crippen molar-refractivity contribution in [2.24, 2.45) is 0 Å². The van der Waals surface area contributed by atoms with Crippen molar-refractivity contribution in [3.05, 3.63) is 42.0 Å². The Morgan fingerprint density at radius 3 is 2.53 bits per heavy atom. The number of aromatic nitrogens is 1. The maximum Gasteiger partial charge on any atom is 0.144 e. The average Bonchev–Trinajstić information content (AvgIpc) is 2.47. The second kappa shape index (κ2) is 5.87. The topological polar surface area (TPSA) is 57.9 Å². The molecule has 4 nitrogen and oxygen atoms in total. The molecule has 0 aliphatic rings. The van der Waals surface area contributed by atoms with E-state index in [9.17, 15) is 0 Å². The van der Waals surface area contributed by atoms with Crippen LogP contribution in [0.1, 0.15) is 12.5 Å². The molecule has 1 aromatic carbocycles. The Labute approximate surface area is 112 Å².